The summed E-state index contributed by atoms with van der Waals surface area (Å²) in [4.78, 5) is 27.3. The Morgan fingerprint density at radius 3 is 2.28 bits per heavy atom. The Hall–Kier alpha value is -2.29. The highest BCUT2D eigenvalue weighted by Gasteiger charge is 2.30. The summed E-state index contributed by atoms with van der Waals surface area (Å²) in [5, 5.41) is 3.47. The van der Waals surface area contributed by atoms with Crippen molar-refractivity contribution in [3.05, 3.63) is 64.1 Å². The van der Waals surface area contributed by atoms with Crippen LogP contribution in [0.1, 0.15) is 25.8 Å². The van der Waals surface area contributed by atoms with Gasteiger partial charge in [-0.25, -0.2) is 8.42 Å². The van der Waals surface area contributed by atoms with Crippen molar-refractivity contribution in [3.63, 3.8) is 0 Å². The van der Waals surface area contributed by atoms with Crippen LogP contribution in [-0.2, 0) is 26.2 Å². The van der Waals surface area contributed by atoms with Crippen molar-refractivity contribution in [1.29, 1.82) is 0 Å². The number of benzene rings is 2. The van der Waals surface area contributed by atoms with Gasteiger partial charge in [0.05, 0.1) is 22.0 Å². The smallest absolute Gasteiger partial charge is 0.244 e. The molecule has 2 rings (SSSR count). The molecule has 0 aliphatic carbocycles. The molecule has 0 heterocycles. The Kier molecular flexibility index (Phi) is 9.36. The molecule has 0 saturated carbocycles. The summed E-state index contributed by atoms with van der Waals surface area (Å²) >= 11 is 12.1. The lowest BCUT2D eigenvalue weighted by Gasteiger charge is -2.31. The van der Waals surface area contributed by atoms with Crippen molar-refractivity contribution in [3.8, 4) is 0 Å². The van der Waals surface area contributed by atoms with E-state index in [1.807, 2.05) is 6.92 Å². The molecule has 174 valence electrons. The summed E-state index contributed by atoms with van der Waals surface area (Å²) in [6, 6.07) is 12.4. The second-order valence-corrected chi connectivity index (χ2v) is 10.1. The van der Waals surface area contributed by atoms with Crippen LogP contribution >= 0.6 is 23.2 Å². The molecule has 0 aliphatic rings. The third-order valence-corrected chi connectivity index (χ3v) is 6.66. The lowest BCUT2D eigenvalue weighted by molar-refractivity contribution is -0.139. The number of anilines is 1. The van der Waals surface area contributed by atoms with Crippen LogP contribution in [0.25, 0.3) is 0 Å². The first kappa shape index (κ1) is 26.0. The number of halogens is 2. The molecule has 0 fully saturated rings. The van der Waals surface area contributed by atoms with Gasteiger partial charge in [0.2, 0.25) is 21.8 Å². The Morgan fingerprint density at radius 1 is 1.06 bits per heavy atom. The Balaban J connectivity index is 2.36. The average molecular weight is 500 g/mol. The number of nitrogens with one attached hydrogen (secondary N) is 1. The van der Waals surface area contributed by atoms with Gasteiger partial charge in [0.1, 0.15) is 12.6 Å². The van der Waals surface area contributed by atoms with Gasteiger partial charge in [0, 0.05) is 13.1 Å². The van der Waals surface area contributed by atoms with E-state index in [0.717, 1.165) is 17.0 Å². The van der Waals surface area contributed by atoms with Crippen LogP contribution in [0.15, 0.2) is 48.5 Å². The maximum absolute atomic E-state index is 13.3. The first-order valence-electron chi connectivity index (χ1n) is 10.1. The average Bonchev–Trinajstić information content (AvgIpc) is 2.75. The standard InChI is InChI=1S/C22H27Cl2N3O4S/c1-4-12-25-22(29)16(2)26(14-17-10-11-19(23)20(24)13-17)21(28)15-27(32(3,30)31)18-8-6-5-7-9-18/h5-11,13,16H,4,12,14-15H2,1-3H3,(H,25,29). The SMILES string of the molecule is CCCNC(=O)C(C)N(Cc1ccc(Cl)c(Cl)c1)C(=O)CN(c1ccccc1)S(C)(=O)=O. The van der Waals surface area contributed by atoms with Gasteiger partial charge in [0.15, 0.2) is 0 Å². The first-order chi connectivity index (χ1) is 15.0. The van der Waals surface area contributed by atoms with Gasteiger partial charge in [-0.2, -0.15) is 0 Å². The Bertz CT molecular complexity index is 1050. The van der Waals surface area contributed by atoms with E-state index >= 15 is 0 Å². The minimum atomic E-state index is -3.75. The van der Waals surface area contributed by atoms with E-state index in [1.54, 1.807) is 55.5 Å². The molecule has 2 aromatic rings. The largest absolute Gasteiger partial charge is 0.354 e. The molecule has 32 heavy (non-hydrogen) atoms. The molecule has 1 N–H and O–H groups in total. The molecule has 0 aromatic heterocycles. The molecule has 0 spiro atoms. The van der Waals surface area contributed by atoms with Crippen LogP contribution in [0.3, 0.4) is 0 Å². The fraction of sp³-hybridized carbons (Fsp3) is 0.364. The van der Waals surface area contributed by atoms with Crippen molar-refractivity contribution in [1.82, 2.24) is 10.2 Å². The van der Waals surface area contributed by atoms with E-state index in [-0.39, 0.29) is 12.5 Å². The lowest BCUT2D eigenvalue weighted by Crippen LogP contribution is -2.51. The molecule has 10 heteroatoms. The van der Waals surface area contributed by atoms with E-state index in [9.17, 15) is 18.0 Å². The lowest BCUT2D eigenvalue weighted by atomic mass is 10.1. The zero-order chi connectivity index (χ0) is 23.9. The number of rotatable bonds is 10. The van der Waals surface area contributed by atoms with Gasteiger partial charge in [-0.15, -0.1) is 0 Å². The molecule has 2 aromatic carbocycles. The van der Waals surface area contributed by atoms with Crippen molar-refractivity contribution in [2.75, 3.05) is 23.7 Å². The van der Waals surface area contributed by atoms with Gasteiger partial charge < -0.3 is 10.2 Å². The third kappa shape index (κ3) is 7.12. The minimum Gasteiger partial charge on any atom is -0.354 e. The highest BCUT2D eigenvalue weighted by Crippen LogP contribution is 2.24. The van der Waals surface area contributed by atoms with Crippen molar-refractivity contribution in [2.24, 2.45) is 0 Å². The van der Waals surface area contributed by atoms with Crippen LogP contribution in [0.4, 0.5) is 5.69 Å². The number of hydrogen-bond acceptors (Lipinski definition) is 4. The summed E-state index contributed by atoms with van der Waals surface area (Å²) < 4.78 is 25.9. The molecule has 1 atom stereocenters. The normalized spacial score (nSPS) is 12.2. The maximum Gasteiger partial charge on any atom is 0.244 e. The molecule has 7 nitrogen and oxygen atoms in total. The topological polar surface area (TPSA) is 86.8 Å². The zero-order valence-corrected chi connectivity index (χ0v) is 20.5. The van der Waals surface area contributed by atoms with Crippen molar-refractivity contribution in [2.45, 2.75) is 32.9 Å². The van der Waals surface area contributed by atoms with Crippen LogP contribution in [0.2, 0.25) is 10.0 Å². The second kappa shape index (κ2) is 11.5. The van der Waals surface area contributed by atoms with Crippen LogP contribution in [0, 0.1) is 0 Å². The van der Waals surface area contributed by atoms with Gasteiger partial charge in [-0.05, 0) is 43.2 Å². The summed E-state index contributed by atoms with van der Waals surface area (Å²) in [6.45, 7) is 3.61. The summed E-state index contributed by atoms with van der Waals surface area (Å²) in [7, 11) is -3.75. The third-order valence-electron chi connectivity index (χ3n) is 4.78. The monoisotopic (exact) mass is 499 g/mol. The molecular formula is C22H27Cl2N3O4S. The van der Waals surface area contributed by atoms with Gasteiger partial charge in [-0.1, -0.05) is 54.4 Å². The molecule has 0 saturated heterocycles. The molecule has 2 amide bonds. The second-order valence-electron chi connectivity index (χ2n) is 7.34. The quantitative estimate of drug-likeness (QED) is 0.539. The van der Waals surface area contributed by atoms with Crippen LogP contribution in [0.5, 0.6) is 0 Å². The van der Waals surface area contributed by atoms with E-state index in [0.29, 0.717) is 27.8 Å². The van der Waals surface area contributed by atoms with E-state index in [1.165, 1.54) is 4.90 Å². The van der Waals surface area contributed by atoms with E-state index < -0.39 is 28.5 Å². The Morgan fingerprint density at radius 2 is 1.72 bits per heavy atom. The van der Waals surface area contributed by atoms with Crippen molar-refractivity contribution >= 4 is 50.7 Å². The zero-order valence-electron chi connectivity index (χ0n) is 18.2. The van der Waals surface area contributed by atoms with Crippen molar-refractivity contribution < 1.29 is 18.0 Å². The fourth-order valence-corrected chi connectivity index (χ4v) is 4.19. The fourth-order valence-electron chi connectivity index (χ4n) is 3.02. The highest BCUT2D eigenvalue weighted by molar-refractivity contribution is 7.92. The molecule has 0 radical (unpaired) electrons. The summed E-state index contributed by atoms with van der Waals surface area (Å²) in [5.74, 6) is -0.852. The van der Waals surface area contributed by atoms with Crippen LogP contribution in [-0.4, -0.2) is 50.5 Å². The van der Waals surface area contributed by atoms with Gasteiger partial charge in [-0.3, -0.25) is 13.9 Å². The predicted octanol–water partition coefficient (Wildman–Crippen LogP) is 3.70. The maximum atomic E-state index is 13.3. The molecule has 1 unspecified atom stereocenters. The van der Waals surface area contributed by atoms with E-state index in [2.05, 4.69) is 5.32 Å². The van der Waals surface area contributed by atoms with Gasteiger partial charge in [0.25, 0.3) is 0 Å². The highest BCUT2D eigenvalue weighted by atomic mass is 35.5. The number of amides is 2. The van der Waals surface area contributed by atoms with E-state index in [4.69, 9.17) is 23.2 Å². The number of para-hydroxylation sites is 1. The number of sulfonamides is 1. The Labute approximate surface area is 199 Å². The number of carbonyl (C=O) groups excluding carboxylic acids is 2. The number of nitrogens with zero attached hydrogens (tertiary/aromatic N) is 2. The summed E-state index contributed by atoms with van der Waals surface area (Å²) in [5.41, 5.74) is 1.02. The first-order valence-corrected chi connectivity index (χ1v) is 12.7. The van der Waals surface area contributed by atoms with Gasteiger partial charge >= 0.3 is 0 Å². The van der Waals surface area contributed by atoms with Crippen LogP contribution < -0.4 is 9.62 Å². The number of hydrogen-bond donors (Lipinski definition) is 1. The number of carbonyl (C=O) groups is 2. The predicted molar refractivity (Wildman–Crippen MR) is 128 cm³/mol. The minimum absolute atomic E-state index is 0.0584. The molecular weight excluding hydrogens is 473 g/mol. The molecule has 0 bridgehead atoms. The molecule has 0 aliphatic heterocycles. The summed E-state index contributed by atoms with van der Waals surface area (Å²) in [6.07, 6.45) is 1.78.